The van der Waals surface area contributed by atoms with Crippen LogP contribution in [0.5, 0.6) is 0 Å². The second-order valence-corrected chi connectivity index (χ2v) is 3.66. The van der Waals surface area contributed by atoms with Gasteiger partial charge < -0.3 is 9.73 Å². The standard InChI is InChI=1S/C10H12ClN3O/c1-14-5-4-8(13-14)6-12-7-9-2-3-10(11)15-9/h2-5,12H,6-7H2,1H3. The highest BCUT2D eigenvalue weighted by Gasteiger charge is 2.00. The van der Waals surface area contributed by atoms with Crippen LogP contribution in [0.4, 0.5) is 0 Å². The first-order valence-electron chi connectivity index (χ1n) is 4.67. The van der Waals surface area contributed by atoms with Gasteiger partial charge in [-0.25, -0.2) is 0 Å². The summed E-state index contributed by atoms with van der Waals surface area (Å²) in [5.74, 6) is 0.830. The number of furan rings is 1. The van der Waals surface area contributed by atoms with Crippen molar-refractivity contribution in [1.82, 2.24) is 15.1 Å². The summed E-state index contributed by atoms with van der Waals surface area (Å²) in [5, 5.41) is 7.88. The molecule has 80 valence electrons. The lowest BCUT2D eigenvalue weighted by Crippen LogP contribution is -2.12. The highest BCUT2D eigenvalue weighted by molar-refractivity contribution is 6.28. The number of nitrogens with one attached hydrogen (secondary N) is 1. The van der Waals surface area contributed by atoms with Crippen LogP contribution in [0.1, 0.15) is 11.5 Å². The van der Waals surface area contributed by atoms with Gasteiger partial charge in [-0.15, -0.1) is 0 Å². The summed E-state index contributed by atoms with van der Waals surface area (Å²) in [4.78, 5) is 0. The lowest BCUT2D eigenvalue weighted by atomic mass is 10.4. The van der Waals surface area contributed by atoms with Crippen LogP contribution in [0, 0.1) is 0 Å². The van der Waals surface area contributed by atoms with E-state index in [-0.39, 0.29) is 0 Å². The Kier molecular flexibility index (Phi) is 3.08. The van der Waals surface area contributed by atoms with Gasteiger partial charge >= 0.3 is 0 Å². The van der Waals surface area contributed by atoms with Crippen LogP contribution in [0.15, 0.2) is 28.8 Å². The van der Waals surface area contributed by atoms with Crippen LogP contribution in [-0.2, 0) is 20.1 Å². The molecular formula is C10H12ClN3O. The highest BCUT2D eigenvalue weighted by Crippen LogP contribution is 2.12. The first-order valence-corrected chi connectivity index (χ1v) is 5.05. The summed E-state index contributed by atoms with van der Waals surface area (Å²) in [6.45, 7) is 1.38. The maximum atomic E-state index is 5.65. The summed E-state index contributed by atoms with van der Waals surface area (Å²) >= 11 is 5.65. The molecule has 0 fully saturated rings. The number of hydrogen-bond donors (Lipinski definition) is 1. The van der Waals surface area contributed by atoms with E-state index in [1.54, 1.807) is 10.7 Å². The van der Waals surface area contributed by atoms with E-state index in [4.69, 9.17) is 16.0 Å². The fourth-order valence-electron chi connectivity index (χ4n) is 1.32. The molecule has 15 heavy (non-hydrogen) atoms. The van der Waals surface area contributed by atoms with Crippen molar-refractivity contribution < 1.29 is 4.42 Å². The molecule has 0 aliphatic carbocycles. The third-order valence-electron chi connectivity index (χ3n) is 2.00. The van der Waals surface area contributed by atoms with Gasteiger partial charge in [0.15, 0.2) is 5.22 Å². The predicted molar refractivity (Wildman–Crippen MR) is 57.5 cm³/mol. The summed E-state index contributed by atoms with van der Waals surface area (Å²) in [7, 11) is 1.90. The van der Waals surface area contributed by atoms with Gasteiger partial charge in [-0.1, -0.05) is 0 Å². The quantitative estimate of drug-likeness (QED) is 0.865. The van der Waals surface area contributed by atoms with Crippen LogP contribution in [0.2, 0.25) is 5.22 Å². The van der Waals surface area contributed by atoms with Crippen LogP contribution in [0.25, 0.3) is 0 Å². The maximum Gasteiger partial charge on any atom is 0.193 e. The van der Waals surface area contributed by atoms with Gasteiger partial charge in [-0.3, -0.25) is 4.68 Å². The Hall–Kier alpha value is -1.26. The predicted octanol–water partition coefficient (Wildman–Crippen LogP) is 1.96. The minimum atomic E-state index is 0.421. The molecule has 0 amide bonds. The zero-order valence-corrected chi connectivity index (χ0v) is 9.16. The smallest absolute Gasteiger partial charge is 0.193 e. The number of halogens is 1. The van der Waals surface area contributed by atoms with E-state index in [1.807, 2.05) is 25.4 Å². The van der Waals surface area contributed by atoms with Crippen molar-refractivity contribution in [2.45, 2.75) is 13.1 Å². The summed E-state index contributed by atoms with van der Waals surface area (Å²) < 4.78 is 6.98. The van der Waals surface area contributed by atoms with Crippen molar-refractivity contribution in [2.75, 3.05) is 0 Å². The molecule has 0 bridgehead atoms. The van der Waals surface area contributed by atoms with Gasteiger partial charge in [0.05, 0.1) is 12.2 Å². The summed E-state index contributed by atoms with van der Waals surface area (Å²) in [6.07, 6.45) is 1.92. The molecule has 1 N–H and O–H groups in total. The van der Waals surface area contributed by atoms with E-state index in [0.717, 1.165) is 18.0 Å². The van der Waals surface area contributed by atoms with E-state index in [0.29, 0.717) is 11.8 Å². The Bertz CT molecular complexity index is 395. The second kappa shape index (κ2) is 4.51. The molecule has 0 aliphatic heterocycles. The lowest BCUT2D eigenvalue weighted by molar-refractivity contribution is 0.482. The lowest BCUT2D eigenvalue weighted by Gasteiger charge is -1.98. The molecule has 0 atom stereocenters. The summed E-state index contributed by atoms with van der Waals surface area (Å²) in [6, 6.07) is 5.56. The molecule has 2 aromatic rings. The maximum absolute atomic E-state index is 5.65. The molecule has 0 aliphatic rings. The van der Waals surface area contributed by atoms with Crippen molar-refractivity contribution in [1.29, 1.82) is 0 Å². The van der Waals surface area contributed by atoms with Crippen molar-refractivity contribution in [3.63, 3.8) is 0 Å². The monoisotopic (exact) mass is 225 g/mol. The Morgan fingerprint density at radius 1 is 1.40 bits per heavy atom. The molecule has 0 saturated heterocycles. The number of aromatic nitrogens is 2. The average Bonchev–Trinajstić information content (AvgIpc) is 2.76. The Labute approximate surface area is 92.8 Å². The van der Waals surface area contributed by atoms with Crippen molar-refractivity contribution in [2.24, 2.45) is 7.05 Å². The number of rotatable bonds is 4. The first-order chi connectivity index (χ1) is 7.24. The number of nitrogens with zero attached hydrogens (tertiary/aromatic N) is 2. The van der Waals surface area contributed by atoms with Gasteiger partial charge in [0.1, 0.15) is 5.76 Å². The van der Waals surface area contributed by atoms with E-state index in [2.05, 4.69) is 10.4 Å². The number of aryl methyl sites for hydroxylation is 1. The highest BCUT2D eigenvalue weighted by atomic mass is 35.5. The molecule has 0 unspecified atom stereocenters. The summed E-state index contributed by atoms with van der Waals surface area (Å²) in [5.41, 5.74) is 1.01. The molecular weight excluding hydrogens is 214 g/mol. The van der Waals surface area contributed by atoms with Gasteiger partial charge in [0.25, 0.3) is 0 Å². The van der Waals surface area contributed by atoms with Gasteiger partial charge in [0, 0.05) is 19.8 Å². The van der Waals surface area contributed by atoms with E-state index in [9.17, 15) is 0 Å². The molecule has 0 saturated carbocycles. The Balaban J connectivity index is 1.80. The zero-order chi connectivity index (χ0) is 10.7. The second-order valence-electron chi connectivity index (χ2n) is 3.29. The van der Waals surface area contributed by atoms with Crippen LogP contribution in [0.3, 0.4) is 0 Å². The van der Waals surface area contributed by atoms with Crippen LogP contribution >= 0.6 is 11.6 Å². The minimum Gasteiger partial charge on any atom is -0.448 e. The Morgan fingerprint density at radius 3 is 2.87 bits per heavy atom. The molecule has 2 heterocycles. The molecule has 4 nitrogen and oxygen atoms in total. The van der Waals surface area contributed by atoms with E-state index in [1.165, 1.54) is 0 Å². The van der Waals surface area contributed by atoms with Crippen molar-refractivity contribution in [3.05, 3.63) is 41.1 Å². The molecule has 5 heteroatoms. The van der Waals surface area contributed by atoms with Crippen LogP contribution in [-0.4, -0.2) is 9.78 Å². The molecule has 2 aromatic heterocycles. The van der Waals surface area contributed by atoms with E-state index < -0.39 is 0 Å². The van der Waals surface area contributed by atoms with Gasteiger partial charge in [0.2, 0.25) is 0 Å². The van der Waals surface area contributed by atoms with Crippen molar-refractivity contribution >= 4 is 11.6 Å². The molecule has 2 rings (SSSR count). The fraction of sp³-hybridized carbons (Fsp3) is 0.300. The van der Waals surface area contributed by atoms with Gasteiger partial charge in [-0.2, -0.15) is 5.10 Å². The van der Waals surface area contributed by atoms with Crippen LogP contribution < -0.4 is 5.32 Å². The minimum absolute atomic E-state index is 0.421. The third-order valence-corrected chi connectivity index (χ3v) is 2.21. The fourth-order valence-corrected chi connectivity index (χ4v) is 1.48. The molecule has 0 aromatic carbocycles. The third kappa shape index (κ3) is 2.84. The molecule has 0 radical (unpaired) electrons. The van der Waals surface area contributed by atoms with E-state index >= 15 is 0 Å². The normalized spacial score (nSPS) is 10.8. The first kappa shape index (κ1) is 10.3. The molecule has 0 spiro atoms. The largest absolute Gasteiger partial charge is 0.448 e. The average molecular weight is 226 g/mol. The zero-order valence-electron chi connectivity index (χ0n) is 8.40. The SMILES string of the molecule is Cn1ccc(CNCc2ccc(Cl)o2)n1. The van der Waals surface area contributed by atoms with Crippen molar-refractivity contribution in [3.8, 4) is 0 Å². The van der Waals surface area contributed by atoms with Gasteiger partial charge in [-0.05, 0) is 29.8 Å². The Morgan fingerprint density at radius 2 is 2.27 bits per heavy atom. The topological polar surface area (TPSA) is 43.0 Å². The number of hydrogen-bond acceptors (Lipinski definition) is 3.